The van der Waals surface area contributed by atoms with Gasteiger partial charge in [0.25, 0.3) is 11.8 Å². The molecule has 0 bridgehead atoms. The first-order valence-electron chi connectivity index (χ1n) is 11.5. The summed E-state index contributed by atoms with van der Waals surface area (Å²) in [6.45, 7) is 2.84. The van der Waals surface area contributed by atoms with Crippen LogP contribution in [-0.4, -0.2) is 60.4 Å². The van der Waals surface area contributed by atoms with Crippen molar-refractivity contribution >= 4 is 22.7 Å². The van der Waals surface area contributed by atoms with Crippen molar-refractivity contribution in [2.75, 3.05) is 13.6 Å². The third kappa shape index (κ3) is 3.19. The Morgan fingerprint density at radius 3 is 2.65 bits per heavy atom. The molecule has 1 fully saturated rings. The molecule has 2 amide bonds. The number of aromatic amines is 2. The topological polar surface area (TPSA) is 111 Å². The zero-order valence-corrected chi connectivity index (χ0v) is 19.1. The van der Waals surface area contributed by atoms with Gasteiger partial charge in [0, 0.05) is 54.6 Å². The molecular weight excluding hydrogens is 430 g/mol. The number of rotatable bonds is 4. The monoisotopic (exact) mass is 455 g/mol. The van der Waals surface area contributed by atoms with Crippen LogP contribution in [0.15, 0.2) is 42.7 Å². The number of nitrogens with zero attached hydrogens (tertiary/aromatic N) is 5. The number of hydrogen-bond donors (Lipinski definition) is 2. The molecule has 0 atom stereocenters. The second-order valence-corrected chi connectivity index (χ2v) is 9.26. The summed E-state index contributed by atoms with van der Waals surface area (Å²) in [5.41, 5.74) is 4.02. The van der Waals surface area contributed by atoms with Crippen LogP contribution in [0.5, 0.6) is 0 Å². The number of carbonyl (C=O) groups is 2. The van der Waals surface area contributed by atoms with Gasteiger partial charge in [-0.1, -0.05) is 18.2 Å². The Labute approximate surface area is 196 Å². The van der Waals surface area contributed by atoms with Gasteiger partial charge in [-0.25, -0.2) is 9.97 Å². The summed E-state index contributed by atoms with van der Waals surface area (Å²) in [5.74, 6) is 0.398. The van der Waals surface area contributed by atoms with Crippen LogP contribution in [-0.2, 0) is 18.5 Å². The molecule has 0 unspecified atom stereocenters. The van der Waals surface area contributed by atoms with Gasteiger partial charge in [0.1, 0.15) is 11.2 Å². The largest absolute Gasteiger partial charge is 0.351 e. The summed E-state index contributed by atoms with van der Waals surface area (Å²) in [6.07, 6.45) is 5.82. The number of aryl methyl sites for hydroxylation is 1. The van der Waals surface area contributed by atoms with Gasteiger partial charge in [-0.3, -0.25) is 14.7 Å². The number of nitrogens with one attached hydrogen (secondary N) is 2. The van der Waals surface area contributed by atoms with Crippen LogP contribution >= 0.6 is 0 Å². The number of benzene rings is 1. The highest BCUT2D eigenvalue weighted by molar-refractivity contribution is 5.99. The predicted octanol–water partition coefficient (Wildman–Crippen LogP) is 2.95. The summed E-state index contributed by atoms with van der Waals surface area (Å²) in [6, 6.07) is 9.70. The lowest BCUT2D eigenvalue weighted by Crippen LogP contribution is -2.40. The first-order chi connectivity index (χ1) is 16.5. The fourth-order valence-corrected chi connectivity index (χ4v) is 4.82. The highest BCUT2D eigenvalue weighted by Crippen LogP contribution is 2.49. The fraction of sp³-hybridized carbons (Fsp3) is 0.320. The van der Waals surface area contributed by atoms with Gasteiger partial charge in [-0.2, -0.15) is 5.10 Å². The lowest BCUT2D eigenvalue weighted by Gasteiger charge is -2.29. The SMILES string of the molecule is Cc1cnc(C2(N(C)C(=O)c3n[nH]c4c3CN(C(=O)c3cc5ccccc5[nH]3)CC4)CC2)nc1. The lowest BCUT2D eigenvalue weighted by atomic mass is 10.0. The molecule has 172 valence electrons. The lowest BCUT2D eigenvalue weighted by molar-refractivity contribution is 0.0674. The van der Waals surface area contributed by atoms with Crippen molar-refractivity contribution in [3.8, 4) is 0 Å². The minimum Gasteiger partial charge on any atom is -0.351 e. The van der Waals surface area contributed by atoms with Crippen LogP contribution in [0.1, 0.15) is 56.5 Å². The van der Waals surface area contributed by atoms with E-state index in [0.717, 1.165) is 40.6 Å². The molecule has 4 heterocycles. The van der Waals surface area contributed by atoms with Gasteiger partial charge in [-0.15, -0.1) is 0 Å². The fourth-order valence-electron chi connectivity index (χ4n) is 4.82. The van der Waals surface area contributed by atoms with Gasteiger partial charge in [0.05, 0.1) is 6.54 Å². The third-order valence-electron chi connectivity index (χ3n) is 7.05. The molecule has 1 saturated carbocycles. The highest BCUT2D eigenvalue weighted by atomic mass is 16.2. The van der Waals surface area contributed by atoms with E-state index in [1.165, 1.54) is 0 Å². The van der Waals surface area contributed by atoms with Crippen LogP contribution in [0.3, 0.4) is 0 Å². The maximum atomic E-state index is 13.5. The van der Waals surface area contributed by atoms with Gasteiger partial charge in [-0.05, 0) is 37.5 Å². The number of para-hydroxylation sites is 1. The minimum absolute atomic E-state index is 0.0819. The Morgan fingerprint density at radius 2 is 1.91 bits per heavy atom. The van der Waals surface area contributed by atoms with Crippen molar-refractivity contribution in [3.63, 3.8) is 0 Å². The minimum atomic E-state index is -0.495. The van der Waals surface area contributed by atoms with Crippen molar-refractivity contribution in [1.82, 2.24) is 34.9 Å². The van der Waals surface area contributed by atoms with E-state index in [1.807, 2.05) is 37.3 Å². The van der Waals surface area contributed by atoms with Crippen LogP contribution in [0.25, 0.3) is 10.9 Å². The first kappa shape index (κ1) is 20.6. The Bertz CT molecular complexity index is 1380. The van der Waals surface area contributed by atoms with Crippen LogP contribution < -0.4 is 0 Å². The van der Waals surface area contributed by atoms with Crippen molar-refractivity contribution in [2.24, 2.45) is 0 Å². The molecule has 34 heavy (non-hydrogen) atoms. The number of fused-ring (bicyclic) bond motifs is 2. The number of hydrogen-bond acceptors (Lipinski definition) is 5. The van der Waals surface area contributed by atoms with Gasteiger partial charge in [0.2, 0.25) is 0 Å². The second-order valence-electron chi connectivity index (χ2n) is 9.26. The van der Waals surface area contributed by atoms with E-state index in [0.29, 0.717) is 36.7 Å². The molecule has 9 heteroatoms. The van der Waals surface area contributed by atoms with Crippen LogP contribution in [0, 0.1) is 6.92 Å². The molecule has 1 aliphatic carbocycles. The molecule has 1 aliphatic heterocycles. The number of H-pyrrole nitrogens is 2. The first-order valence-corrected chi connectivity index (χ1v) is 11.5. The zero-order chi connectivity index (χ0) is 23.4. The van der Waals surface area contributed by atoms with E-state index in [-0.39, 0.29) is 11.8 Å². The van der Waals surface area contributed by atoms with Crippen molar-refractivity contribution < 1.29 is 9.59 Å². The predicted molar refractivity (Wildman–Crippen MR) is 125 cm³/mol. The smallest absolute Gasteiger partial charge is 0.275 e. The maximum Gasteiger partial charge on any atom is 0.275 e. The van der Waals surface area contributed by atoms with Crippen molar-refractivity contribution in [1.29, 1.82) is 0 Å². The van der Waals surface area contributed by atoms with E-state index in [1.54, 1.807) is 29.2 Å². The molecule has 0 saturated heterocycles. The summed E-state index contributed by atoms with van der Waals surface area (Å²) >= 11 is 0. The summed E-state index contributed by atoms with van der Waals surface area (Å²) in [4.78, 5) is 42.5. The molecule has 6 rings (SSSR count). The van der Waals surface area contributed by atoms with Gasteiger partial charge < -0.3 is 14.8 Å². The van der Waals surface area contributed by atoms with E-state index >= 15 is 0 Å². The van der Waals surface area contributed by atoms with Crippen LogP contribution in [0.2, 0.25) is 0 Å². The molecule has 1 aromatic carbocycles. The maximum absolute atomic E-state index is 13.5. The highest BCUT2D eigenvalue weighted by Gasteiger charge is 2.53. The molecule has 0 radical (unpaired) electrons. The third-order valence-corrected chi connectivity index (χ3v) is 7.05. The average molecular weight is 456 g/mol. The number of aromatic nitrogens is 5. The second kappa shape index (κ2) is 7.51. The normalized spacial score (nSPS) is 16.4. The molecule has 4 aromatic rings. The van der Waals surface area contributed by atoms with Gasteiger partial charge in [0.15, 0.2) is 11.5 Å². The van der Waals surface area contributed by atoms with Crippen molar-refractivity contribution in [3.05, 3.63) is 76.8 Å². The Kier molecular flexibility index (Phi) is 4.55. The molecule has 0 spiro atoms. The Balaban J connectivity index is 1.25. The Hall–Kier alpha value is -4.01. The molecule has 3 aromatic heterocycles. The van der Waals surface area contributed by atoms with E-state index < -0.39 is 5.54 Å². The molecule has 9 nitrogen and oxygen atoms in total. The molecule has 2 N–H and O–H groups in total. The summed E-state index contributed by atoms with van der Waals surface area (Å²) in [7, 11) is 1.79. The zero-order valence-electron chi connectivity index (χ0n) is 19.1. The quantitative estimate of drug-likeness (QED) is 0.492. The molecule has 2 aliphatic rings. The standard InChI is InChI=1S/C25H25N7O2/c1-15-12-26-24(27-13-15)25(8-9-25)31(2)23(34)21-17-14-32(10-7-19(17)29-30-21)22(33)20-11-16-5-3-4-6-18(16)28-20/h3-6,11-13,28H,7-10,14H2,1-2H3,(H,29,30). The number of amides is 2. The van der Waals surface area contributed by atoms with E-state index in [9.17, 15) is 9.59 Å². The molecular formula is C25H25N7O2. The van der Waals surface area contributed by atoms with E-state index in [4.69, 9.17) is 0 Å². The van der Waals surface area contributed by atoms with Crippen molar-refractivity contribution in [2.45, 2.75) is 38.3 Å². The summed E-state index contributed by atoms with van der Waals surface area (Å²) in [5, 5.41) is 8.39. The van der Waals surface area contributed by atoms with Crippen LogP contribution in [0.4, 0.5) is 0 Å². The Morgan fingerprint density at radius 1 is 1.15 bits per heavy atom. The summed E-state index contributed by atoms with van der Waals surface area (Å²) < 4.78 is 0. The van der Waals surface area contributed by atoms with Gasteiger partial charge >= 0.3 is 0 Å². The average Bonchev–Trinajstić information content (AvgIpc) is 3.37. The van der Waals surface area contributed by atoms with E-state index in [2.05, 4.69) is 25.1 Å². The number of carbonyl (C=O) groups excluding carboxylic acids is 2.